The molecule has 0 unspecified atom stereocenters. The van der Waals surface area contributed by atoms with Gasteiger partial charge in [-0.25, -0.2) is 0 Å². The van der Waals surface area contributed by atoms with Crippen molar-refractivity contribution in [3.63, 3.8) is 0 Å². The first-order valence-corrected chi connectivity index (χ1v) is 5.97. The van der Waals surface area contributed by atoms with Gasteiger partial charge in [-0.2, -0.15) is 12.6 Å². The third-order valence-electron chi connectivity index (χ3n) is 2.20. The van der Waals surface area contributed by atoms with E-state index in [9.17, 15) is 0 Å². The van der Waals surface area contributed by atoms with Crippen molar-refractivity contribution in [1.29, 1.82) is 0 Å². The number of hydrogen-bond donors (Lipinski definition) is 1. The summed E-state index contributed by atoms with van der Waals surface area (Å²) in [4.78, 5) is 0. The van der Waals surface area contributed by atoms with E-state index < -0.39 is 0 Å². The Morgan fingerprint density at radius 1 is 1.12 bits per heavy atom. The molecule has 1 rings (SSSR count). The molecule has 0 saturated carbocycles. The molecule has 0 radical (unpaired) electrons. The Labute approximate surface area is 108 Å². The fourth-order valence-corrected chi connectivity index (χ4v) is 1.58. The second-order valence-electron chi connectivity index (χ2n) is 3.46. The van der Waals surface area contributed by atoms with E-state index in [1.165, 1.54) is 0 Å². The molecule has 0 bridgehead atoms. The molecule has 0 aliphatic rings. The highest BCUT2D eigenvalue weighted by atomic mass is 32.1. The Morgan fingerprint density at radius 3 is 2.18 bits per heavy atom. The maximum absolute atomic E-state index is 5.64. The topological polar surface area (TPSA) is 27.7 Å². The summed E-state index contributed by atoms with van der Waals surface area (Å²) in [5.41, 5.74) is 1.07. The van der Waals surface area contributed by atoms with Crippen molar-refractivity contribution in [2.24, 2.45) is 0 Å². The van der Waals surface area contributed by atoms with E-state index in [1.54, 1.807) is 14.2 Å². The fraction of sp³-hybridized carbons (Fsp3) is 0.385. The molecule has 4 heteroatoms. The molecular weight excluding hydrogens is 236 g/mol. The summed E-state index contributed by atoms with van der Waals surface area (Å²) in [5, 5.41) is 0. The molecule has 0 aromatic heterocycles. The van der Waals surface area contributed by atoms with Gasteiger partial charge in [0.2, 0.25) is 5.75 Å². The molecule has 94 valence electrons. The first-order chi connectivity index (χ1) is 8.22. The zero-order valence-corrected chi connectivity index (χ0v) is 11.3. The first-order valence-electron chi connectivity index (χ1n) is 5.34. The second-order valence-corrected chi connectivity index (χ2v) is 3.83. The largest absolute Gasteiger partial charge is 0.493 e. The van der Waals surface area contributed by atoms with Crippen LogP contribution in [0.4, 0.5) is 0 Å². The number of benzene rings is 1. The van der Waals surface area contributed by atoms with E-state index in [4.69, 9.17) is 14.2 Å². The zero-order valence-electron chi connectivity index (χ0n) is 10.4. The monoisotopic (exact) mass is 254 g/mol. The van der Waals surface area contributed by atoms with Crippen LogP contribution in [0.3, 0.4) is 0 Å². The standard InChI is InChI=1S/C13H18O3S/c1-10-8-11(14-2)13(12(9-10)15-3)16-6-4-5-7-17/h4-5,8-9,17H,6-7H2,1-3H3. The Morgan fingerprint density at radius 2 is 1.71 bits per heavy atom. The summed E-state index contributed by atoms with van der Waals surface area (Å²) in [6.07, 6.45) is 3.84. The van der Waals surface area contributed by atoms with Gasteiger partial charge in [0.25, 0.3) is 0 Å². The van der Waals surface area contributed by atoms with E-state index in [1.807, 2.05) is 31.2 Å². The Kier molecular flexibility index (Phi) is 5.77. The van der Waals surface area contributed by atoms with Gasteiger partial charge in [0.1, 0.15) is 6.61 Å². The number of hydrogen-bond acceptors (Lipinski definition) is 4. The predicted octanol–water partition coefficient (Wildman–Crippen LogP) is 2.88. The lowest BCUT2D eigenvalue weighted by Crippen LogP contribution is -2.00. The van der Waals surface area contributed by atoms with Crippen LogP contribution in [0, 0.1) is 6.92 Å². The molecule has 0 aliphatic carbocycles. The van der Waals surface area contributed by atoms with Gasteiger partial charge in [0.05, 0.1) is 14.2 Å². The molecule has 0 spiro atoms. The highest BCUT2D eigenvalue weighted by Gasteiger charge is 2.12. The Bertz CT molecular complexity index is 363. The van der Waals surface area contributed by atoms with E-state index >= 15 is 0 Å². The molecule has 17 heavy (non-hydrogen) atoms. The van der Waals surface area contributed by atoms with Gasteiger partial charge < -0.3 is 14.2 Å². The van der Waals surface area contributed by atoms with Gasteiger partial charge in [0, 0.05) is 5.75 Å². The minimum absolute atomic E-state index is 0.469. The number of aryl methyl sites for hydroxylation is 1. The van der Waals surface area contributed by atoms with Crippen molar-refractivity contribution < 1.29 is 14.2 Å². The normalized spacial score (nSPS) is 10.6. The van der Waals surface area contributed by atoms with Gasteiger partial charge in [0.15, 0.2) is 11.5 Å². The summed E-state index contributed by atoms with van der Waals surface area (Å²) in [6, 6.07) is 3.83. The zero-order chi connectivity index (χ0) is 12.7. The number of methoxy groups -OCH3 is 2. The Hall–Kier alpha value is -1.29. The van der Waals surface area contributed by atoms with E-state index in [0.717, 1.165) is 5.56 Å². The molecule has 0 N–H and O–H groups in total. The molecular formula is C13H18O3S. The molecule has 3 nitrogen and oxygen atoms in total. The summed E-state index contributed by atoms with van der Waals surface area (Å²) in [7, 11) is 3.23. The fourth-order valence-electron chi connectivity index (χ4n) is 1.43. The van der Waals surface area contributed by atoms with Crippen LogP contribution in [0.15, 0.2) is 24.3 Å². The molecule has 1 aromatic rings. The van der Waals surface area contributed by atoms with Crippen LogP contribution < -0.4 is 14.2 Å². The number of rotatable bonds is 6. The van der Waals surface area contributed by atoms with Crippen LogP contribution in [0.2, 0.25) is 0 Å². The lowest BCUT2D eigenvalue weighted by Gasteiger charge is -2.14. The summed E-state index contributed by atoms with van der Waals surface area (Å²) in [5.74, 6) is 2.69. The van der Waals surface area contributed by atoms with Crippen LogP contribution >= 0.6 is 12.6 Å². The van der Waals surface area contributed by atoms with Gasteiger partial charge >= 0.3 is 0 Å². The summed E-state index contributed by atoms with van der Waals surface area (Å²) >= 11 is 4.08. The van der Waals surface area contributed by atoms with E-state index in [2.05, 4.69) is 12.6 Å². The number of thiol groups is 1. The molecule has 0 saturated heterocycles. The predicted molar refractivity (Wildman–Crippen MR) is 72.8 cm³/mol. The minimum atomic E-state index is 0.469. The lowest BCUT2D eigenvalue weighted by molar-refractivity contribution is 0.300. The van der Waals surface area contributed by atoms with Crippen molar-refractivity contribution in [1.82, 2.24) is 0 Å². The highest BCUT2D eigenvalue weighted by molar-refractivity contribution is 7.80. The van der Waals surface area contributed by atoms with Crippen molar-refractivity contribution >= 4 is 12.6 Å². The molecule has 0 atom stereocenters. The van der Waals surface area contributed by atoms with Gasteiger partial charge in [-0.1, -0.05) is 12.2 Å². The third-order valence-corrected chi connectivity index (χ3v) is 2.41. The Balaban J connectivity index is 2.90. The van der Waals surface area contributed by atoms with Crippen molar-refractivity contribution in [3.05, 3.63) is 29.8 Å². The number of ether oxygens (including phenoxy) is 3. The van der Waals surface area contributed by atoms with Crippen molar-refractivity contribution in [2.75, 3.05) is 26.6 Å². The molecule has 1 aromatic carbocycles. The van der Waals surface area contributed by atoms with E-state index in [0.29, 0.717) is 29.6 Å². The molecule has 0 heterocycles. The van der Waals surface area contributed by atoms with E-state index in [-0.39, 0.29) is 0 Å². The van der Waals surface area contributed by atoms with Crippen molar-refractivity contribution in [3.8, 4) is 17.2 Å². The summed E-state index contributed by atoms with van der Waals surface area (Å²) in [6.45, 7) is 2.45. The molecule has 0 aliphatic heterocycles. The van der Waals surface area contributed by atoms with Crippen LogP contribution in [0.5, 0.6) is 17.2 Å². The minimum Gasteiger partial charge on any atom is -0.493 e. The van der Waals surface area contributed by atoms with Crippen LogP contribution in [-0.4, -0.2) is 26.6 Å². The quantitative estimate of drug-likeness (QED) is 0.625. The SMILES string of the molecule is COc1cc(C)cc(OC)c1OCC=CCS. The van der Waals surface area contributed by atoms with Crippen LogP contribution in [-0.2, 0) is 0 Å². The first kappa shape index (κ1) is 13.8. The van der Waals surface area contributed by atoms with Gasteiger partial charge in [-0.15, -0.1) is 0 Å². The molecule has 0 amide bonds. The van der Waals surface area contributed by atoms with Crippen LogP contribution in [0.25, 0.3) is 0 Å². The molecule has 0 fully saturated rings. The maximum Gasteiger partial charge on any atom is 0.203 e. The average Bonchev–Trinajstić information content (AvgIpc) is 2.35. The highest BCUT2D eigenvalue weighted by Crippen LogP contribution is 2.38. The maximum atomic E-state index is 5.64. The van der Waals surface area contributed by atoms with Crippen molar-refractivity contribution in [2.45, 2.75) is 6.92 Å². The van der Waals surface area contributed by atoms with Crippen LogP contribution in [0.1, 0.15) is 5.56 Å². The average molecular weight is 254 g/mol. The lowest BCUT2D eigenvalue weighted by atomic mass is 10.2. The van der Waals surface area contributed by atoms with Gasteiger partial charge in [-0.3, -0.25) is 0 Å². The third kappa shape index (κ3) is 3.89. The second kappa shape index (κ2) is 7.12. The summed E-state index contributed by atoms with van der Waals surface area (Å²) < 4.78 is 16.2. The van der Waals surface area contributed by atoms with Gasteiger partial charge in [-0.05, 0) is 24.6 Å². The smallest absolute Gasteiger partial charge is 0.203 e.